The summed E-state index contributed by atoms with van der Waals surface area (Å²) >= 11 is 0. The number of hydrogen-bond donors (Lipinski definition) is 1. The van der Waals surface area contributed by atoms with Crippen molar-refractivity contribution in [2.75, 3.05) is 10.9 Å². The lowest BCUT2D eigenvalue weighted by Crippen LogP contribution is -2.32. The zero-order chi connectivity index (χ0) is 24.7. The highest BCUT2D eigenvalue weighted by molar-refractivity contribution is 7.92. The summed E-state index contributed by atoms with van der Waals surface area (Å²) in [6.45, 7) is 8.43. The molecule has 0 aliphatic rings. The zero-order valence-electron chi connectivity index (χ0n) is 20.1. The predicted molar refractivity (Wildman–Crippen MR) is 136 cm³/mol. The molecule has 3 aromatic carbocycles. The average molecular weight is 481 g/mol. The molecule has 1 amide bonds. The molecule has 0 fully saturated rings. The fraction of sp³-hybridized carbons (Fsp3) is 0.296. The van der Waals surface area contributed by atoms with Crippen molar-refractivity contribution in [3.63, 3.8) is 0 Å². The molecule has 0 aromatic heterocycles. The Labute approximate surface area is 202 Å². The minimum atomic E-state index is -3.83. The topological polar surface area (TPSA) is 75.7 Å². The van der Waals surface area contributed by atoms with Crippen molar-refractivity contribution in [1.29, 1.82) is 0 Å². The van der Waals surface area contributed by atoms with Crippen molar-refractivity contribution in [3.05, 3.63) is 89.5 Å². The molecule has 180 valence electrons. The molecule has 0 aliphatic heterocycles. The first kappa shape index (κ1) is 25.3. The van der Waals surface area contributed by atoms with Gasteiger partial charge in [0.15, 0.2) is 0 Å². The smallest absolute Gasteiger partial charge is 0.264 e. The lowest BCUT2D eigenvalue weighted by Gasteiger charge is -2.25. The van der Waals surface area contributed by atoms with E-state index in [1.54, 1.807) is 72.8 Å². The van der Waals surface area contributed by atoms with Crippen LogP contribution >= 0.6 is 0 Å². The fourth-order valence-electron chi connectivity index (χ4n) is 3.36. The number of benzene rings is 3. The van der Waals surface area contributed by atoms with Crippen LogP contribution in [-0.2, 0) is 16.6 Å². The van der Waals surface area contributed by atoms with Crippen molar-refractivity contribution in [2.45, 2.75) is 51.6 Å². The summed E-state index contributed by atoms with van der Waals surface area (Å²) in [7, 11) is -3.83. The van der Waals surface area contributed by atoms with Crippen LogP contribution < -0.4 is 14.4 Å². The van der Waals surface area contributed by atoms with Crippen LogP contribution in [0.4, 0.5) is 5.69 Å². The molecule has 1 N–H and O–H groups in total. The lowest BCUT2D eigenvalue weighted by atomic mass is 10.1. The van der Waals surface area contributed by atoms with Gasteiger partial charge in [0.25, 0.3) is 15.9 Å². The van der Waals surface area contributed by atoms with Gasteiger partial charge in [0.1, 0.15) is 5.75 Å². The number of amides is 1. The number of ether oxygens (including phenoxy) is 1. The van der Waals surface area contributed by atoms with Gasteiger partial charge >= 0.3 is 0 Å². The normalized spacial score (nSPS) is 12.1. The molecule has 1 unspecified atom stereocenters. The summed E-state index contributed by atoms with van der Waals surface area (Å²) < 4.78 is 34.1. The lowest BCUT2D eigenvalue weighted by molar-refractivity contribution is 0.0939. The zero-order valence-corrected chi connectivity index (χ0v) is 20.9. The maximum atomic E-state index is 13.6. The van der Waals surface area contributed by atoms with Crippen LogP contribution in [0.5, 0.6) is 5.75 Å². The van der Waals surface area contributed by atoms with Gasteiger partial charge in [-0.3, -0.25) is 9.10 Å². The molecule has 0 bridgehead atoms. The highest BCUT2D eigenvalue weighted by Gasteiger charge is 2.25. The van der Waals surface area contributed by atoms with E-state index in [9.17, 15) is 13.2 Å². The first-order valence-electron chi connectivity index (χ1n) is 11.5. The standard InChI is InChI=1S/C27H32N2O4S/c1-5-21(4)28-27(30)23-11-9-22(10-12-23)19-29(24-13-15-25(16-14-24)33-6-2)34(31,32)26-17-7-20(3)8-18-26/h7-18,21H,5-6,19H2,1-4H3,(H,28,30). The minimum absolute atomic E-state index is 0.0852. The number of rotatable bonds is 10. The SMILES string of the molecule is CCOc1ccc(N(Cc2ccc(C(=O)NC(C)CC)cc2)S(=O)(=O)c2ccc(C)cc2)cc1. The van der Waals surface area contributed by atoms with Crippen LogP contribution in [0, 0.1) is 6.92 Å². The van der Waals surface area contributed by atoms with Gasteiger partial charge in [-0.05, 0) is 81.3 Å². The number of aryl methyl sites for hydroxylation is 1. The van der Waals surface area contributed by atoms with E-state index in [0.29, 0.717) is 23.6 Å². The third-order valence-electron chi connectivity index (χ3n) is 5.58. The van der Waals surface area contributed by atoms with Crippen molar-refractivity contribution >= 4 is 21.6 Å². The van der Waals surface area contributed by atoms with E-state index in [2.05, 4.69) is 5.32 Å². The molecule has 0 saturated heterocycles. The molecule has 0 heterocycles. The van der Waals surface area contributed by atoms with Crippen molar-refractivity contribution in [1.82, 2.24) is 5.32 Å². The minimum Gasteiger partial charge on any atom is -0.494 e. The Morgan fingerprint density at radius 1 is 0.941 bits per heavy atom. The summed E-state index contributed by atoms with van der Waals surface area (Å²) in [4.78, 5) is 12.6. The molecule has 34 heavy (non-hydrogen) atoms. The monoisotopic (exact) mass is 480 g/mol. The molecule has 3 rings (SSSR count). The van der Waals surface area contributed by atoms with Gasteiger partial charge in [0, 0.05) is 11.6 Å². The molecule has 0 spiro atoms. The maximum absolute atomic E-state index is 13.6. The maximum Gasteiger partial charge on any atom is 0.264 e. The number of hydrogen-bond acceptors (Lipinski definition) is 4. The molecule has 6 nitrogen and oxygen atoms in total. The van der Waals surface area contributed by atoms with Crippen molar-refractivity contribution in [3.8, 4) is 5.75 Å². The predicted octanol–water partition coefficient (Wildman–Crippen LogP) is 5.32. The number of sulfonamides is 1. The van der Waals surface area contributed by atoms with Gasteiger partial charge < -0.3 is 10.1 Å². The first-order chi connectivity index (χ1) is 16.2. The van der Waals surface area contributed by atoms with E-state index in [1.165, 1.54) is 4.31 Å². The highest BCUT2D eigenvalue weighted by atomic mass is 32.2. The molecule has 0 aliphatic carbocycles. The molecular weight excluding hydrogens is 448 g/mol. The van der Waals surface area contributed by atoms with Gasteiger partial charge in [-0.25, -0.2) is 8.42 Å². The molecule has 7 heteroatoms. The van der Waals surface area contributed by atoms with E-state index < -0.39 is 10.0 Å². The average Bonchev–Trinajstić information content (AvgIpc) is 2.84. The van der Waals surface area contributed by atoms with Gasteiger partial charge in [0.2, 0.25) is 0 Å². The van der Waals surface area contributed by atoms with Crippen LogP contribution in [0.1, 0.15) is 48.7 Å². The highest BCUT2D eigenvalue weighted by Crippen LogP contribution is 2.28. The summed E-state index contributed by atoms with van der Waals surface area (Å²) in [6.07, 6.45) is 0.845. The Morgan fingerprint density at radius 3 is 2.12 bits per heavy atom. The Morgan fingerprint density at radius 2 is 1.56 bits per heavy atom. The fourth-order valence-corrected chi connectivity index (χ4v) is 4.82. The number of carbonyl (C=O) groups excluding carboxylic acids is 1. The second-order valence-electron chi connectivity index (χ2n) is 8.23. The summed E-state index contributed by atoms with van der Waals surface area (Å²) in [5.41, 5.74) is 2.82. The Bertz CT molecular complexity index is 1190. The molecule has 3 aromatic rings. The van der Waals surface area contributed by atoms with Gasteiger partial charge in [-0.15, -0.1) is 0 Å². The molecular formula is C27H32N2O4S. The van der Waals surface area contributed by atoms with Crippen LogP contribution in [0.3, 0.4) is 0 Å². The van der Waals surface area contributed by atoms with Crippen molar-refractivity contribution in [2.24, 2.45) is 0 Å². The Kier molecular flexibility index (Phi) is 8.34. The Balaban J connectivity index is 1.92. The molecule has 0 radical (unpaired) electrons. The second-order valence-corrected chi connectivity index (χ2v) is 10.1. The van der Waals surface area contributed by atoms with Gasteiger partial charge in [-0.2, -0.15) is 0 Å². The third kappa shape index (κ3) is 6.17. The molecule has 1 atom stereocenters. The molecule has 0 saturated carbocycles. The van der Waals surface area contributed by atoms with E-state index in [1.807, 2.05) is 27.7 Å². The summed E-state index contributed by atoms with van der Waals surface area (Å²) in [6, 6.07) is 20.9. The number of anilines is 1. The number of carbonyl (C=O) groups is 1. The van der Waals surface area contributed by atoms with Crippen LogP contribution in [-0.4, -0.2) is 27.0 Å². The van der Waals surface area contributed by atoms with Crippen molar-refractivity contribution < 1.29 is 17.9 Å². The quantitative estimate of drug-likeness (QED) is 0.426. The first-order valence-corrected chi connectivity index (χ1v) is 12.9. The van der Waals surface area contributed by atoms with E-state index in [4.69, 9.17) is 4.74 Å². The van der Waals surface area contributed by atoms with Crippen LogP contribution in [0.15, 0.2) is 77.7 Å². The third-order valence-corrected chi connectivity index (χ3v) is 7.36. The largest absolute Gasteiger partial charge is 0.494 e. The van der Waals surface area contributed by atoms with Crippen LogP contribution in [0.25, 0.3) is 0 Å². The second kappa shape index (κ2) is 11.2. The van der Waals surface area contributed by atoms with E-state index in [0.717, 1.165) is 17.5 Å². The number of nitrogens with zero attached hydrogens (tertiary/aromatic N) is 1. The summed E-state index contributed by atoms with van der Waals surface area (Å²) in [5.74, 6) is 0.534. The van der Waals surface area contributed by atoms with Gasteiger partial charge in [-0.1, -0.05) is 36.8 Å². The van der Waals surface area contributed by atoms with Crippen LogP contribution in [0.2, 0.25) is 0 Å². The van der Waals surface area contributed by atoms with E-state index >= 15 is 0 Å². The van der Waals surface area contributed by atoms with Gasteiger partial charge in [0.05, 0.1) is 23.7 Å². The van der Waals surface area contributed by atoms with E-state index in [-0.39, 0.29) is 23.4 Å². The number of nitrogens with one attached hydrogen (secondary N) is 1. The summed E-state index contributed by atoms with van der Waals surface area (Å²) in [5, 5.41) is 2.94. The Hall–Kier alpha value is -3.32.